The van der Waals surface area contributed by atoms with E-state index in [1.807, 2.05) is 28.8 Å². The summed E-state index contributed by atoms with van der Waals surface area (Å²) < 4.78 is 29.9. The molecule has 0 bridgehead atoms. The van der Waals surface area contributed by atoms with E-state index in [0.29, 0.717) is 22.8 Å². The highest BCUT2D eigenvalue weighted by atomic mass is 35.5. The maximum Gasteiger partial charge on any atom is 0.261 e. The highest BCUT2D eigenvalue weighted by molar-refractivity contribution is 7.92. The number of fused-ring (bicyclic) bond motifs is 1. The minimum atomic E-state index is -3.85. The molecule has 8 nitrogen and oxygen atoms in total. The molecular weight excluding hydrogens is 462 g/mol. The number of nitrogens with one attached hydrogen (secondary N) is 1. The van der Waals surface area contributed by atoms with Crippen molar-refractivity contribution in [2.45, 2.75) is 23.8 Å². The van der Waals surface area contributed by atoms with Gasteiger partial charge < -0.3 is 4.90 Å². The lowest BCUT2D eigenvalue weighted by atomic mass is 10.1. The minimum Gasteiger partial charge on any atom is -0.328 e. The first-order valence-corrected chi connectivity index (χ1v) is 12.3. The molecule has 2 aromatic carbocycles. The Hall–Kier alpha value is -3.43. The highest BCUT2D eigenvalue weighted by Crippen LogP contribution is 2.32. The number of nitrogens with zero attached hydrogens (tertiary/aromatic N) is 4. The van der Waals surface area contributed by atoms with Gasteiger partial charge in [-0.25, -0.2) is 8.42 Å². The molecule has 1 fully saturated rings. The SMILES string of the molecule is O=C(c1ccc(S(=O)(=O)Nc2ccccc2Cl)cc1)N1CCC[C@H]1c1nnc2ccccn12. The van der Waals surface area contributed by atoms with Crippen LogP contribution in [0.25, 0.3) is 5.65 Å². The molecule has 168 valence electrons. The van der Waals surface area contributed by atoms with E-state index in [1.165, 1.54) is 24.3 Å². The molecule has 1 N–H and O–H groups in total. The van der Waals surface area contributed by atoms with Gasteiger partial charge in [0.25, 0.3) is 15.9 Å². The Morgan fingerprint density at radius 2 is 1.76 bits per heavy atom. The maximum atomic E-state index is 13.3. The van der Waals surface area contributed by atoms with Crippen LogP contribution in [0.4, 0.5) is 5.69 Å². The Balaban J connectivity index is 1.37. The van der Waals surface area contributed by atoms with Gasteiger partial charge in [-0.05, 0) is 61.4 Å². The van der Waals surface area contributed by atoms with E-state index in [-0.39, 0.29) is 16.8 Å². The van der Waals surface area contributed by atoms with Gasteiger partial charge in [-0.2, -0.15) is 0 Å². The summed E-state index contributed by atoms with van der Waals surface area (Å²) in [6.07, 6.45) is 3.53. The Bertz CT molecular complexity index is 1440. The monoisotopic (exact) mass is 481 g/mol. The molecule has 33 heavy (non-hydrogen) atoms. The van der Waals surface area contributed by atoms with E-state index in [1.54, 1.807) is 29.2 Å². The van der Waals surface area contributed by atoms with Gasteiger partial charge >= 0.3 is 0 Å². The van der Waals surface area contributed by atoms with E-state index in [4.69, 9.17) is 11.6 Å². The fraction of sp³-hybridized carbons (Fsp3) is 0.174. The predicted octanol–water partition coefficient (Wildman–Crippen LogP) is 4.16. The van der Waals surface area contributed by atoms with E-state index >= 15 is 0 Å². The van der Waals surface area contributed by atoms with Crippen molar-refractivity contribution in [3.05, 3.63) is 89.3 Å². The van der Waals surface area contributed by atoms with Crippen LogP contribution in [0.1, 0.15) is 35.1 Å². The van der Waals surface area contributed by atoms with Crippen molar-refractivity contribution in [3.8, 4) is 0 Å². The van der Waals surface area contributed by atoms with E-state index in [2.05, 4.69) is 14.9 Å². The van der Waals surface area contributed by atoms with Crippen LogP contribution in [0, 0.1) is 0 Å². The first-order chi connectivity index (χ1) is 15.9. The molecule has 2 aromatic heterocycles. The van der Waals surface area contributed by atoms with Crippen molar-refractivity contribution < 1.29 is 13.2 Å². The van der Waals surface area contributed by atoms with Crippen LogP contribution in [0.2, 0.25) is 5.02 Å². The molecule has 0 aliphatic carbocycles. The van der Waals surface area contributed by atoms with E-state index in [0.717, 1.165) is 24.3 Å². The number of hydrogen-bond acceptors (Lipinski definition) is 5. The number of anilines is 1. The maximum absolute atomic E-state index is 13.3. The highest BCUT2D eigenvalue weighted by Gasteiger charge is 2.33. The summed E-state index contributed by atoms with van der Waals surface area (Å²) in [7, 11) is -3.85. The van der Waals surface area contributed by atoms with Gasteiger partial charge in [-0.15, -0.1) is 10.2 Å². The minimum absolute atomic E-state index is 0.0420. The van der Waals surface area contributed by atoms with Gasteiger partial charge in [-0.3, -0.25) is 13.9 Å². The number of sulfonamides is 1. The lowest BCUT2D eigenvalue weighted by Crippen LogP contribution is -2.31. The van der Waals surface area contributed by atoms with Crippen molar-refractivity contribution in [2.24, 2.45) is 0 Å². The van der Waals surface area contributed by atoms with Crippen LogP contribution < -0.4 is 4.72 Å². The van der Waals surface area contributed by atoms with Crippen molar-refractivity contribution in [1.82, 2.24) is 19.5 Å². The van der Waals surface area contributed by atoms with Crippen LogP contribution >= 0.6 is 11.6 Å². The molecule has 1 amide bonds. The molecule has 0 unspecified atom stereocenters. The van der Waals surface area contributed by atoms with Crippen LogP contribution in [0.5, 0.6) is 0 Å². The third kappa shape index (κ3) is 4.05. The Kier molecular flexibility index (Phi) is 5.51. The van der Waals surface area contributed by atoms with Crippen LogP contribution in [0.15, 0.2) is 77.8 Å². The number of benzene rings is 2. The number of carbonyl (C=O) groups is 1. The molecule has 1 atom stereocenters. The molecule has 10 heteroatoms. The number of carbonyl (C=O) groups excluding carboxylic acids is 1. The topological polar surface area (TPSA) is 96.7 Å². The fourth-order valence-electron chi connectivity index (χ4n) is 4.06. The average molecular weight is 482 g/mol. The zero-order chi connectivity index (χ0) is 23.0. The molecular formula is C23H20ClN5O3S. The molecule has 1 saturated heterocycles. The lowest BCUT2D eigenvalue weighted by molar-refractivity contribution is 0.0729. The number of rotatable bonds is 5. The summed E-state index contributed by atoms with van der Waals surface area (Å²) in [5.74, 6) is 0.549. The zero-order valence-corrected chi connectivity index (χ0v) is 19.0. The second-order valence-corrected chi connectivity index (χ2v) is 9.84. The summed E-state index contributed by atoms with van der Waals surface area (Å²) in [5.41, 5.74) is 1.43. The number of hydrogen-bond donors (Lipinski definition) is 1. The number of aromatic nitrogens is 3. The standard InChI is InChI=1S/C23H20ClN5O3S/c24-18-6-1-2-7-19(18)27-33(31,32)17-12-10-16(11-13-17)23(30)28-15-5-8-20(28)22-26-25-21-9-3-4-14-29(21)22/h1-4,6-7,9-14,20,27H,5,8,15H2/t20-/m0/s1. The Morgan fingerprint density at radius 1 is 1.00 bits per heavy atom. The summed E-state index contributed by atoms with van der Waals surface area (Å²) in [4.78, 5) is 15.1. The summed E-state index contributed by atoms with van der Waals surface area (Å²) in [5, 5.41) is 8.82. The van der Waals surface area contributed by atoms with Gasteiger partial charge in [0.15, 0.2) is 11.5 Å². The van der Waals surface area contributed by atoms with Gasteiger partial charge in [0.2, 0.25) is 0 Å². The third-order valence-corrected chi connectivity index (χ3v) is 7.39. The second kappa shape index (κ2) is 8.49. The van der Waals surface area contributed by atoms with Gasteiger partial charge in [-0.1, -0.05) is 29.8 Å². The second-order valence-electron chi connectivity index (χ2n) is 7.75. The lowest BCUT2D eigenvalue weighted by Gasteiger charge is -2.23. The zero-order valence-electron chi connectivity index (χ0n) is 17.4. The average Bonchev–Trinajstić information content (AvgIpc) is 3.47. The van der Waals surface area contributed by atoms with E-state index < -0.39 is 10.0 Å². The molecule has 1 aliphatic heterocycles. The van der Waals surface area contributed by atoms with Crippen molar-refractivity contribution in [1.29, 1.82) is 0 Å². The van der Waals surface area contributed by atoms with Crippen LogP contribution in [-0.2, 0) is 10.0 Å². The van der Waals surface area contributed by atoms with E-state index in [9.17, 15) is 13.2 Å². The summed E-state index contributed by atoms with van der Waals surface area (Å²) in [6, 6.07) is 18.0. The Labute approximate surface area is 195 Å². The predicted molar refractivity (Wildman–Crippen MR) is 125 cm³/mol. The number of likely N-dealkylation sites (tertiary alicyclic amines) is 1. The molecule has 0 saturated carbocycles. The van der Waals surface area contributed by atoms with Crippen LogP contribution in [0.3, 0.4) is 0 Å². The quantitative estimate of drug-likeness (QED) is 0.461. The van der Waals surface area contributed by atoms with Crippen molar-refractivity contribution in [3.63, 3.8) is 0 Å². The van der Waals surface area contributed by atoms with Gasteiger partial charge in [0.1, 0.15) is 0 Å². The molecule has 5 rings (SSSR count). The summed E-state index contributed by atoms with van der Waals surface area (Å²) in [6.45, 7) is 0.597. The van der Waals surface area contributed by atoms with Gasteiger partial charge in [0, 0.05) is 18.3 Å². The summed E-state index contributed by atoms with van der Waals surface area (Å²) >= 11 is 6.06. The van der Waals surface area contributed by atoms with Gasteiger partial charge in [0.05, 0.1) is 21.6 Å². The van der Waals surface area contributed by atoms with Crippen molar-refractivity contribution >= 4 is 38.9 Å². The molecule has 1 aliphatic rings. The normalized spacial score (nSPS) is 16.3. The first kappa shape index (κ1) is 21.4. The molecule has 4 aromatic rings. The smallest absolute Gasteiger partial charge is 0.261 e. The Morgan fingerprint density at radius 3 is 2.55 bits per heavy atom. The largest absolute Gasteiger partial charge is 0.328 e. The number of pyridine rings is 1. The number of para-hydroxylation sites is 1. The third-order valence-electron chi connectivity index (χ3n) is 5.68. The first-order valence-electron chi connectivity index (χ1n) is 10.4. The number of amides is 1. The molecule has 3 heterocycles. The van der Waals surface area contributed by atoms with Crippen LogP contribution in [-0.4, -0.2) is 40.4 Å². The fourth-order valence-corrected chi connectivity index (χ4v) is 5.37. The number of halogens is 1. The molecule has 0 radical (unpaired) electrons. The molecule has 0 spiro atoms. The van der Waals surface area contributed by atoms with Crippen molar-refractivity contribution in [2.75, 3.05) is 11.3 Å².